The highest BCUT2D eigenvalue weighted by Crippen LogP contribution is 2.18. The highest BCUT2D eigenvalue weighted by Gasteiger charge is 2.19. The molecule has 0 bridgehead atoms. The van der Waals surface area contributed by atoms with Crippen molar-refractivity contribution in [1.82, 2.24) is 0 Å². The number of ether oxygens (including phenoxy) is 3. The fourth-order valence-corrected chi connectivity index (χ4v) is 10.6. The Bertz CT molecular complexity index is 1300. The van der Waals surface area contributed by atoms with Crippen molar-refractivity contribution in [3.63, 3.8) is 0 Å². The lowest BCUT2D eigenvalue weighted by Crippen LogP contribution is -2.30. The van der Waals surface area contributed by atoms with E-state index in [9.17, 15) is 14.4 Å². The summed E-state index contributed by atoms with van der Waals surface area (Å²) < 4.78 is 16.9. The van der Waals surface area contributed by atoms with Crippen LogP contribution in [-0.4, -0.2) is 37.2 Å². The number of esters is 3. The van der Waals surface area contributed by atoms with Gasteiger partial charge in [-0.2, -0.15) is 0 Å². The third kappa shape index (κ3) is 64.5. The normalized spacial score (nSPS) is 12.2. The third-order valence-corrected chi connectivity index (χ3v) is 15.9. The topological polar surface area (TPSA) is 78.9 Å². The summed E-state index contributed by atoms with van der Waals surface area (Å²) in [5, 5.41) is 0. The van der Waals surface area contributed by atoms with E-state index in [1.807, 2.05) is 0 Å². The minimum atomic E-state index is -0.768. The molecule has 0 N–H and O–H groups in total. The van der Waals surface area contributed by atoms with E-state index in [4.69, 9.17) is 14.2 Å². The monoisotopic (exact) mass is 1100 g/mol. The summed E-state index contributed by atoms with van der Waals surface area (Å²) in [6.45, 7) is 6.66. The summed E-state index contributed by atoms with van der Waals surface area (Å²) >= 11 is 0. The molecule has 0 heterocycles. The molecule has 6 nitrogen and oxygen atoms in total. The van der Waals surface area contributed by atoms with Crippen molar-refractivity contribution in [3.8, 4) is 0 Å². The minimum absolute atomic E-state index is 0.0671. The van der Waals surface area contributed by atoms with Gasteiger partial charge < -0.3 is 14.2 Å². The molecule has 0 aliphatic rings. The van der Waals surface area contributed by atoms with Gasteiger partial charge in [0.1, 0.15) is 13.2 Å². The molecule has 0 amide bonds. The molecule has 0 aromatic rings. The van der Waals surface area contributed by atoms with Gasteiger partial charge in [-0.3, -0.25) is 14.4 Å². The highest BCUT2D eigenvalue weighted by atomic mass is 16.6. The standard InChI is InChI=1S/C72H134O6/c1-4-7-10-13-16-19-21-23-25-27-29-31-33-35-36-38-39-41-43-45-47-49-51-53-56-59-62-65-71(74)77-68-69(67-76-70(73)64-61-58-55-18-15-12-9-6-3)78-72(75)66-63-60-57-54-52-50-48-46-44-42-40-37-34-32-30-28-26-24-22-20-17-14-11-8-5-2/h21,23,27-30,69H,4-20,22,24-26,31-68H2,1-3H3/b23-21-,29-27-,30-28-. The molecule has 78 heavy (non-hydrogen) atoms. The summed E-state index contributed by atoms with van der Waals surface area (Å²) in [6.07, 6.45) is 83.4. The Hall–Kier alpha value is -2.37. The van der Waals surface area contributed by atoms with Gasteiger partial charge in [-0.05, 0) is 77.0 Å². The van der Waals surface area contributed by atoms with E-state index < -0.39 is 6.10 Å². The molecule has 0 saturated carbocycles. The molecule has 0 rings (SSSR count). The molecule has 458 valence electrons. The number of hydrogen-bond donors (Lipinski definition) is 0. The van der Waals surface area contributed by atoms with Crippen molar-refractivity contribution < 1.29 is 28.6 Å². The van der Waals surface area contributed by atoms with Crippen LogP contribution in [0.4, 0.5) is 0 Å². The zero-order valence-corrected chi connectivity index (χ0v) is 52.7. The van der Waals surface area contributed by atoms with Crippen LogP contribution in [0.5, 0.6) is 0 Å². The maximum absolute atomic E-state index is 12.9. The number of carbonyl (C=O) groups is 3. The molecule has 0 aliphatic carbocycles. The van der Waals surface area contributed by atoms with Gasteiger partial charge in [0.15, 0.2) is 6.10 Å². The van der Waals surface area contributed by atoms with Crippen molar-refractivity contribution in [1.29, 1.82) is 0 Å². The smallest absolute Gasteiger partial charge is 0.306 e. The molecule has 0 aromatic heterocycles. The van der Waals surface area contributed by atoms with E-state index >= 15 is 0 Å². The Morgan fingerprint density at radius 2 is 0.462 bits per heavy atom. The lowest BCUT2D eigenvalue weighted by molar-refractivity contribution is -0.167. The fraction of sp³-hybridized carbons (Fsp3) is 0.875. The van der Waals surface area contributed by atoms with Crippen molar-refractivity contribution in [2.75, 3.05) is 13.2 Å². The first-order valence-electron chi connectivity index (χ1n) is 35.0. The first-order valence-corrected chi connectivity index (χ1v) is 35.0. The number of hydrogen-bond acceptors (Lipinski definition) is 6. The summed E-state index contributed by atoms with van der Waals surface area (Å²) in [6, 6.07) is 0. The Balaban J connectivity index is 4.08. The second-order valence-corrected chi connectivity index (χ2v) is 23.8. The zero-order valence-electron chi connectivity index (χ0n) is 52.7. The molecule has 0 aliphatic heterocycles. The number of allylic oxidation sites excluding steroid dienone is 6. The van der Waals surface area contributed by atoms with Crippen LogP contribution in [0, 0.1) is 0 Å². The van der Waals surface area contributed by atoms with Crippen LogP contribution in [0.25, 0.3) is 0 Å². The second kappa shape index (κ2) is 67.1. The van der Waals surface area contributed by atoms with Gasteiger partial charge in [-0.15, -0.1) is 0 Å². The van der Waals surface area contributed by atoms with E-state index in [0.717, 1.165) is 64.2 Å². The number of unbranched alkanes of at least 4 members (excludes halogenated alkanes) is 48. The predicted octanol–water partition coefficient (Wildman–Crippen LogP) is 23.9. The van der Waals surface area contributed by atoms with Crippen molar-refractivity contribution in [2.24, 2.45) is 0 Å². The van der Waals surface area contributed by atoms with Gasteiger partial charge in [0.05, 0.1) is 0 Å². The number of carbonyl (C=O) groups excluding carboxylic acids is 3. The SMILES string of the molecule is CCCCCCC/C=C\C/C=C\CCCCCCCCCCCCCCCCCC(=O)OCC(COC(=O)CCCCCCCCCC)OC(=O)CCCCCCCCCCCCCCC/C=C\CCCCCCCCCC. The average Bonchev–Trinajstić information content (AvgIpc) is 3.44. The molecule has 1 atom stereocenters. The molecule has 1 unspecified atom stereocenters. The lowest BCUT2D eigenvalue weighted by Gasteiger charge is -2.18. The van der Waals surface area contributed by atoms with Gasteiger partial charge in [0.2, 0.25) is 0 Å². The second-order valence-electron chi connectivity index (χ2n) is 23.8. The van der Waals surface area contributed by atoms with E-state index in [-0.39, 0.29) is 31.1 Å². The molecular formula is C72H134O6. The van der Waals surface area contributed by atoms with Gasteiger partial charge in [-0.25, -0.2) is 0 Å². The number of rotatable bonds is 65. The van der Waals surface area contributed by atoms with E-state index in [0.29, 0.717) is 19.3 Å². The van der Waals surface area contributed by atoms with Gasteiger partial charge >= 0.3 is 17.9 Å². The fourth-order valence-electron chi connectivity index (χ4n) is 10.6. The average molecular weight is 1100 g/mol. The van der Waals surface area contributed by atoms with Gasteiger partial charge in [0.25, 0.3) is 0 Å². The van der Waals surface area contributed by atoms with Crippen LogP contribution < -0.4 is 0 Å². The van der Waals surface area contributed by atoms with Crippen LogP contribution in [-0.2, 0) is 28.6 Å². The van der Waals surface area contributed by atoms with Gasteiger partial charge in [-0.1, -0.05) is 327 Å². The van der Waals surface area contributed by atoms with E-state index in [2.05, 4.69) is 57.2 Å². The molecular weight excluding hydrogens is 961 g/mol. The quantitative estimate of drug-likeness (QED) is 0.0261. The van der Waals surface area contributed by atoms with E-state index in [1.54, 1.807) is 0 Å². The molecule has 0 fully saturated rings. The molecule has 0 radical (unpaired) electrons. The molecule has 0 spiro atoms. The molecule has 6 heteroatoms. The summed E-state index contributed by atoms with van der Waals surface area (Å²) in [7, 11) is 0. The predicted molar refractivity (Wildman–Crippen MR) is 339 cm³/mol. The Morgan fingerprint density at radius 3 is 0.718 bits per heavy atom. The largest absolute Gasteiger partial charge is 0.462 e. The maximum atomic E-state index is 12.9. The van der Waals surface area contributed by atoms with E-state index in [1.165, 1.54) is 283 Å². The van der Waals surface area contributed by atoms with Crippen molar-refractivity contribution in [3.05, 3.63) is 36.5 Å². The van der Waals surface area contributed by atoms with Crippen LogP contribution >= 0.6 is 0 Å². The van der Waals surface area contributed by atoms with Crippen LogP contribution in [0.1, 0.15) is 387 Å². The van der Waals surface area contributed by atoms with Crippen LogP contribution in [0.2, 0.25) is 0 Å². The van der Waals surface area contributed by atoms with Crippen LogP contribution in [0.15, 0.2) is 36.5 Å². The molecule has 0 aromatic carbocycles. The molecule has 0 saturated heterocycles. The first-order chi connectivity index (χ1) is 38.5. The summed E-state index contributed by atoms with van der Waals surface area (Å²) in [5.74, 6) is -0.846. The van der Waals surface area contributed by atoms with Gasteiger partial charge in [0, 0.05) is 19.3 Å². The Labute approximate surface area is 486 Å². The first kappa shape index (κ1) is 75.6. The summed E-state index contributed by atoms with van der Waals surface area (Å²) in [5.41, 5.74) is 0. The summed E-state index contributed by atoms with van der Waals surface area (Å²) in [4.78, 5) is 38.2. The zero-order chi connectivity index (χ0) is 56.4. The van der Waals surface area contributed by atoms with Crippen LogP contribution in [0.3, 0.4) is 0 Å². The third-order valence-electron chi connectivity index (χ3n) is 15.9. The minimum Gasteiger partial charge on any atom is -0.462 e. The van der Waals surface area contributed by atoms with Crippen molar-refractivity contribution >= 4 is 17.9 Å². The van der Waals surface area contributed by atoms with Crippen molar-refractivity contribution in [2.45, 2.75) is 393 Å². The maximum Gasteiger partial charge on any atom is 0.306 e. The highest BCUT2D eigenvalue weighted by molar-refractivity contribution is 5.71. The Kier molecular flexibility index (Phi) is 65.1. The lowest BCUT2D eigenvalue weighted by atomic mass is 10.0. The Morgan fingerprint density at radius 1 is 0.256 bits per heavy atom.